The number of rotatable bonds is 5. The van der Waals surface area contributed by atoms with Crippen LogP contribution in [0.4, 0.5) is 0 Å². The lowest BCUT2D eigenvalue weighted by Gasteiger charge is -2.30. The molecule has 2 rings (SSSR count). The van der Waals surface area contributed by atoms with Crippen molar-refractivity contribution < 1.29 is 0 Å². The zero-order valence-electron chi connectivity index (χ0n) is 14.8. The molecule has 0 unspecified atom stereocenters. The van der Waals surface area contributed by atoms with E-state index in [1.54, 1.807) is 11.3 Å². The highest BCUT2D eigenvalue weighted by Gasteiger charge is 2.21. The van der Waals surface area contributed by atoms with E-state index in [1.165, 1.54) is 43.4 Å². The molecule has 0 amide bonds. The Hall–Kier alpha value is -0.370. The van der Waals surface area contributed by atoms with Gasteiger partial charge in [-0.15, -0.1) is 35.3 Å². The van der Waals surface area contributed by atoms with Gasteiger partial charge in [-0.05, 0) is 45.4 Å². The van der Waals surface area contributed by atoms with Crippen molar-refractivity contribution in [2.24, 2.45) is 10.9 Å². The van der Waals surface area contributed by atoms with Crippen LogP contribution < -0.4 is 10.6 Å². The van der Waals surface area contributed by atoms with E-state index in [1.807, 2.05) is 7.05 Å². The number of aliphatic imine (C=N–C) groups is 1. The van der Waals surface area contributed by atoms with Crippen LogP contribution in [-0.2, 0) is 6.54 Å². The Morgan fingerprint density at radius 1 is 1.26 bits per heavy atom. The van der Waals surface area contributed by atoms with E-state index in [4.69, 9.17) is 0 Å². The maximum absolute atomic E-state index is 4.47. The second-order valence-electron chi connectivity index (χ2n) is 6.32. The van der Waals surface area contributed by atoms with E-state index in [-0.39, 0.29) is 24.0 Å². The Balaban J connectivity index is 0.00000264. The minimum absolute atomic E-state index is 0. The molecule has 1 aliphatic rings. The van der Waals surface area contributed by atoms with E-state index in [9.17, 15) is 0 Å². The summed E-state index contributed by atoms with van der Waals surface area (Å²) in [6, 6.07) is 0.573. The van der Waals surface area contributed by atoms with Crippen LogP contribution in [0.3, 0.4) is 0 Å². The van der Waals surface area contributed by atoms with Gasteiger partial charge in [-0.1, -0.05) is 19.8 Å². The van der Waals surface area contributed by atoms with Crippen molar-refractivity contribution in [3.05, 3.63) is 15.6 Å². The minimum Gasteiger partial charge on any atom is -0.354 e. The van der Waals surface area contributed by atoms with Crippen molar-refractivity contribution in [2.45, 2.75) is 71.9 Å². The summed E-state index contributed by atoms with van der Waals surface area (Å²) in [5.74, 6) is 1.87. The first-order valence-corrected chi connectivity index (χ1v) is 9.34. The number of hydrogen-bond acceptors (Lipinski definition) is 3. The summed E-state index contributed by atoms with van der Waals surface area (Å²) in [6.45, 7) is 7.23. The van der Waals surface area contributed by atoms with Crippen LogP contribution >= 0.6 is 35.3 Å². The Morgan fingerprint density at radius 3 is 2.48 bits per heavy atom. The largest absolute Gasteiger partial charge is 0.354 e. The van der Waals surface area contributed by atoms with Crippen LogP contribution in [0.2, 0.25) is 0 Å². The van der Waals surface area contributed by atoms with Crippen molar-refractivity contribution in [3.63, 3.8) is 0 Å². The molecule has 4 nitrogen and oxygen atoms in total. The topological polar surface area (TPSA) is 49.3 Å². The molecule has 6 heteroatoms. The number of aromatic nitrogens is 1. The van der Waals surface area contributed by atoms with Gasteiger partial charge < -0.3 is 10.6 Å². The van der Waals surface area contributed by atoms with Gasteiger partial charge >= 0.3 is 0 Å². The highest BCUT2D eigenvalue weighted by atomic mass is 127. The third-order valence-corrected chi connectivity index (χ3v) is 5.60. The fourth-order valence-corrected chi connectivity index (χ4v) is 4.17. The number of guanidine groups is 1. The van der Waals surface area contributed by atoms with E-state index in [0.29, 0.717) is 6.04 Å². The zero-order valence-corrected chi connectivity index (χ0v) is 18.0. The molecule has 1 aromatic heterocycles. The molecule has 2 N–H and O–H groups in total. The third kappa shape index (κ3) is 6.57. The molecule has 0 bridgehead atoms. The normalized spacial score (nSPS) is 21.7. The highest BCUT2D eigenvalue weighted by molar-refractivity contribution is 14.0. The van der Waals surface area contributed by atoms with E-state index >= 15 is 0 Å². The molecule has 132 valence electrons. The molecule has 1 saturated carbocycles. The summed E-state index contributed by atoms with van der Waals surface area (Å²) in [5.41, 5.74) is 1.13. The average molecular weight is 450 g/mol. The quantitative estimate of drug-likeness (QED) is 0.397. The smallest absolute Gasteiger partial charge is 0.191 e. The molecule has 1 fully saturated rings. The van der Waals surface area contributed by atoms with Gasteiger partial charge in [-0.3, -0.25) is 4.99 Å². The molecule has 0 aliphatic heterocycles. The molecule has 23 heavy (non-hydrogen) atoms. The van der Waals surface area contributed by atoms with Crippen LogP contribution in [0.25, 0.3) is 0 Å². The lowest BCUT2D eigenvalue weighted by atomic mass is 9.83. The number of hydrogen-bond donors (Lipinski definition) is 2. The first-order valence-electron chi connectivity index (χ1n) is 8.52. The van der Waals surface area contributed by atoms with E-state index in [0.717, 1.165) is 29.1 Å². The standard InChI is InChI=1S/C17H30N4S.HI/c1-5-6-14-7-9-15(10-8-14)21-17(18-4)19-11-16-12(2)20-13(3)22-16;/h14-15H,5-11H2,1-4H3,(H2,18,19,21);1H. The van der Waals surface area contributed by atoms with Gasteiger partial charge in [0.15, 0.2) is 5.96 Å². The van der Waals surface area contributed by atoms with Gasteiger partial charge in [-0.25, -0.2) is 4.98 Å². The zero-order chi connectivity index (χ0) is 15.9. The number of nitrogens with one attached hydrogen (secondary N) is 2. The average Bonchev–Trinajstić information content (AvgIpc) is 2.83. The van der Waals surface area contributed by atoms with Crippen LogP contribution in [0, 0.1) is 19.8 Å². The second kappa shape index (κ2) is 10.5. The molecule has 1 aromatic rings. The summed E-state index contributed by atoms with van der Waals surface area (Å²) in [7, 11) is 1.85. The van der Waals surface area contributed by atoms with Gasteiger partial charge in [-0.2, -0.15) is 0 Å². The molecule has 1 heterocycles. The monoisotopic (exact) mass is 450 g/mol. The fraction of sp³-hybridized carbons (Fsp3) is 0.765. The van der Waals surface area contributed by atoms with Crippen molar-refractivity contribution in [3.8, 4) is 0 Å². The first-order chi connectivity index (χ1) is 10.6. The number of aryl methyl sites for hydroxylation is 2. The first kappa shape index (κ1) is 20.7. The summed E-state index contributed by atoms with van der Waals surface area (Å²) >= 11 is 1.76. The Labute approximate surface area is 162 Å². The Bertz CT molecular complexity index is 493. The van der Waals surface area contributed by atoms with Crippen molar-refractivity contribution in [2.75, 3.05) is 7.05 Å². The van der Waals surface area contributed by atoms with E-state index < -0.39 is 0 Å². The maximum Gasteiger partial charge on any atom is 0.191 e. The fourth-order valence-electron chi connectivity index (χ4n) is 3.29. The number of halogens is 1. The minimum atomic E-state index is 0. The summed E-state index contributed by atoms with van der Waals surface area (Å²) in [5, 5.41) is 8.15. The van der Waals surface area contributed by atoms with Gasteiger partial charge in [0.2, 0.25) is 0 Å². The molecule has 0 aromatic carbocycles. The van der Waals surface area contributed by atoms with Crippen LogP contribution in [-0.4, -0.2) is 24.0 Å². The summed E-state index contributed by atoms with van der Waals surface area (Å²) in [4.78, 5) is 10.1. The molecular formula is C17H31IN4S. The number of nitrogens with zero attached hydrogens (tertiary/aromatic N) is 2. The van der Waals surface area contributed by atoms with Crippen molar-refractivity contribution >= 4 is 41.3 Å². The highest BCUT2D eigenvalue weighted by Crippen LogP contribution is 2.27. The van der Waals surface area contributed by atoms with Crippen LogP contribution in [0.1, 0.15) is 61.0 Å². The van der Waals surface area contributed by atoms with Gasteiger partial charge in [0, 0.05) is 18.0 Å². The Morgan fingerprint density at radius 2 is 1.96 bits per heavy atom. The van der Waals surface area contributed by atoms with Crippen molar-refractivity contribution in [1.29, 1.82) is 0 Å². The van der Waals surface area contributed by atoms with Gasteiger partial charge in [0.1, 0.15) is 0 Å². The van der Waals surface area contributed by atoms with Crippen LogP contribution in [0.15, 0.2) is 4.99 Å². The Kier molecular flexibility index (Phi) is 9.43. The van der Waals surface area contributed by atoms with Crippen molar-refractivity contribution in [1.82, 2.24) is 15.6 Å². The lowest BCUT2D eigenvalue weighted by Crippen LogP contribution is -2.44. The van der Waals surface area contributed by atoms with Gasteiger partial charge in [0.05, 0.1) is 17.2 Å². The summed E-state index contributed by atoms with van der Waals surface area (Å²) < 4.78 is 0. The number of thiazole rings is 1. The molecule has 0 saturated heterocycles. The predicted octanol–water partition coefficient (Wildman–Crippen LogP) is 4.40. The molecular weight excluding hydrogens is 419 g/mol. The molecule has 0 radical (unpaired) electrons. The summed E-state index contributed by atoms with van der Waals surface area (Å²) in [6.07, 6.45) is 7.96. The van der Waals surface area contributed by atoms with Gasteiger partial charge in [0.25, 0.3) is 0 Å². The predicted molar refractivity (Wildman–Crippen MR) is 111 cm³/mol. The van der Waals surface area contributed by atoms with E-state index in [2.05, 4.69) is 41.4 Å². The van der Waals surface area contributed by atoms with Crippen LogP contribution in [0.5, 0.6) is 0 Å². The second-order valence-corrected chi connectivity index (χ2v) is 7.61. The molecule has 0 atom stereocenters. The molecule has 0 spiro atoms. The SMILES string of the molecule is CCCC1CCC(NC(=NC)NCc2sc(C)nc2C)CC1.I. The molecule has 1 aliphatic carbocycles. The maximum atomic E-state index is 4.47. The lowest BCUT2D eigenvalue weighted by molar-refractivity contribution is 0.295. The third-order valence-electron chi connectivity index (χ3n) is 4.52.